The number of aromatic nitrogens is 2. The SMILES string of the molecule is CCCCCn1nc(C(=O)N2CC3CCC(N)C3C2)c2ccccc2c1=O. The first kappa shape index (κ1) is 18.2. The molecule has 1 aliphatic heterocycles. The molecule has 1 aromatic heterocycles. The molecule has 3 atom stereocenters. The van der Waals surface area contributed by atoms with Gasteiger partial charge in [-0.05, 0) is 37.2 Å². The molecule has 2 N–H and O–H groups in total. The molecule has 2 fully saturated rings. The van der Waals surface area contributed by atoms with Crippen LogP contribution in [-0.2, 0) is 6.54 Å². The maximum atomic E-state index is 13.3. The summed E-state index contributed by atoms with van der Waals surface area (Å²) >= 11 is 0. The van der Waals surface area contributed by atoms with Gasteiger partial charge in [0.15, 0.2) is 5.69 Å². The smallest absolute Gasteiger partial charge is 0.274 e. The van der Waals surface area contributed by atoms with Gasteiger partial charge < -0.3 is 10.6 Å². The van der Waals surface area contributed by atoms with Crippen LogP contribution in [0.25, 0.3) is 10.8 Å². The topological polar surface area (TPSA) is 81.2 Å². The maximum absolute atomic E-state index is 13.3. The van der Waals surface area contributed by atoms with Gasteiger partial charge in [-0.25, -0.2) is 4.68 Å². The van der Waals surface area contributed by atoms with Crippen LogP contribution >= 0.6 is 0 Å². The van der Waals surface area contributed by atoms with Crippen LogP contribution in [0.15, 0.2) is 29.1 Å². The Kier molecular flexibility index (Phi) is 5.00. The van der Waals surface area contributed by atoms with Crippen LogP contribution in [0.1, 0.15) is 49.5 Å². The molecule has 144 valence electrons. The van der Waals surface area contributed by atoms with E-state index in [-0.39, 0.29) is 17.5 Å². The predicted molar refractivity (Wildman–Crippen MR) is 106 cm³/mol. The Morgan fingerprint density at radius 1 is 1.19 bits per heavy atom. The number of unbranched alkanes of at least 4 members (excludes halogenated alkanes) is 2. The fraction of sp³-hybridized carbons (Fsp3) is 0.571. The lowest BCUT2D eigenvalue weighted by Crippen LogP contribution is -2.35. The molecule has 4 rings (SSSR count). The third-order valence-corrected chi connectivity index (χ3v) is 6.24. The van der Waals surface area contributed by atoms with Crippen LogP contribution < -0.4 is 11.3 Å². The molecule has 0 radical (unpaired) electrons. The van der Waals surface area contributed by atoms with Crippen molar-refractivity contribution in [2.75, 3.05) is 13.1 Å². The largest absolute Gasteiger partial charge is 0.337 e. The van der Waals surface area contributed by atoms with Crippen LogP contribution in [0, 0.1) is 11.8 Å². The Balaban J connectivity index is 1.69. The minimum atomic E-state index is -0.112. The number of benzene rings is 1. The van der Waals surface area contributed by atoms with Crippen molar-refractivity contribution in [3.63, 3.8) is 0 Å². The van der Waals surface area contributed by atoms with Crippen LogP contribution in [-0.4, -0.2) is 39.7 Å². The van der Waals surface area contributed by atoms with Gasteiger partial charge in [-0.3, -0.25) is 9.59 Å². The zero-order valence-electron chi connectivity index (χ0n) is 15.9. The van der Waals surface area contributed by atoms with Gasteiger partial charge in [-0.2, -0.15) is 5.10 Å². The first-order valence-electron chi connectivity index (χ1n) is 10.1. The highest BCUT2D eigenvalue weighted by Gasteiger charge is 2.43. The van der Waals surface area contributed by atoms with Crippen molar-refractivity contribution in [1.29, 1.82) is 0 Å². The normalized spacial score (nSPS) is 24.5. The summed E-state index contributed by atoms with van der Waals surface area (Å²) in [4.78, 5) is 28.0. The first-order chi connectivity index (χ1) is 13.1. The van der Waals surface area contributed by atoms with E-state index in [1.54, 1.807) is 6.07 Å². The summed E-state index contributed by atoms with van der Waals surface area (Å²) in [7, 11) is 0. The molecule has 1 saturated heterocycles. The summed E-state index contributed by atoms with van der Waals surface area (Å²) in [6.45, 7) is 4.13. The Labute approximate surface area is 159 Å². The minimum Gasteiger partial charge on any atom is -0.337 e. The molecule has 1 aliphatic carbocycles. The number of rotatable bonds is 5. The molecule has 1 saturated carbocycles. The van der Waals surface area contributed by atoms with Crippen LogP contribution in [0.4, 0.5) is 0 Å². The fourth-order valence-corrected chi connectivity index (χ4v) is 4.68. The van der Waals surface area contributed by atoms with Crippen LogP contribution in [0.2, 0.25) is 0 Å². The third kappa shape index (κ3) is 3.27. The standard InChI is InChI=1S/C21H28N4O2/c1-2-3-6-11-25-20(26)16-8-5-4-7-15(16)19(23-25)21(27)24-12-14-9-10-18(22)17(14)13-24/h4-5,7-8,14,17-18H,2-3,6,9-13,22H2,1H3. The van der Waals surface area contributed by atoms with Gasteiger partial charge in [0.05, 0.1) is 5.39 Å². The zero-order valence-corrected chi connectivity index (χ0v) is 15.9. The summed E-state index contributed by atoms with van der Waals surface area (Å²) in [5, 5.41) is 5.74. The highest BCUT2D eigenvalue weighted by molar-refractivity contribution is 6.04. The van der Waals surface area contributed by atoms with Gasteiger partial charge >= 0.3 is 0 Å². The third-order valence-electron chi connectivity index (χ3n) is 6.24. The van der Waals surface area contributed by atoms with E-state index in [4.69, 9.17) is 5.73 Å². The number of nitrogens with two attached hydrogens (primary N) is 1. The highest BCUT2D eigenvalue weighted by Crippen LogP contribution is 2.37. The van der Waals surface area contributed by atoms with Crippen molar-refractivity contribution in [2.45, 2.75) is 51.6 Å². The molecule has 6 heteroatoms. The van der Waals surface area contributed by atoms with E-state index in [9.17, 15) is 9.59 Å². The van der Waals surface area contributed by atoms with Crippen molar-refractivity contribution < 1.29 is 4.79 Å². The lowest BCUT2D eigenvalue weighted by atomic mass is 9.98. The van der Waals surface area contributed by atoms with E-state index >= 15 is 0 Å². The molecule has 6 nitrogen and oxygen atoms in total. The van der Waals surface area contributed by atoms with Gasteiger partial charge in [0.1, 0.15) is 0 Å². The molecule has 2 aliphatic rings. The molecule has 0 bridgehead atoms. The summed E-state index contributed by atoms with van der Waals surface area (Å²) < 4.78 is 1.48. The van der Waals surface area contributed by atoms with Gasteiger partial charge in [0.25, 0.3) is 11.5 Å². The van der Waals surface area contributed by atoms with E-state index in [2.05, 4.69) is 12.0 Å². The number of amides is 1. The van der Waals surface area contributed by atoms with Crippen molar-refractivity contribution in [2.24, 2.45) is 17.6 Å². The van der Waals surface area contributed by atoms with Gasteiger partial charge in [-0.15, -0.1) is 0 Å². The number of fused-ring (bicyclic) bond motifs is 2. The van der Waals surface area contributed by atoms with E-state index in [0.717, 1.165) is 38.6 Å². The lowest BCUT2D eigenvalue weighted by molar-refractivity contribution is 0.0773. The second-order valence-corrected chi connectivity index (χ2v) is 8.00. The van der Waals surface area contributed by atoms with E-state index in [1.165, 1.54) is 4.68 Å². The summed E-state index contributed by atoms with van der Waals surface area (Å²) in [6, 6.07) is 7.52. The quantitative estimate of drug-likeness (QED) is 0.822. The molecule has 1 amide bonds. The molecule has 0 spiro atoms. The average molecular weight is 368 g/mol. The Morgan fingerprint density at radius 3 is 2.70 bits per heavy atom. The van der Waals surface area contributed by atoms with E-state index in [1.807, 2.05) is 23.1 Å². The van der Waals surface area contributed by atoms with Gasteiger partial charge in [0, 0.05) is 31.1 Å². The van der Waals surface area contributed by atoms with E-state index in [0.29, 0.717) is 41.4 Å². The number of carbonyl (C=O) groups excluding carboxylic acids is 1. The predicted octanol–water partition coefficient (Wildman–Crippen LogP) is 2.40. The second-order valence-electron chi connectivity index (χ2n) is 8.00. The number of hydrogen-bond acceptors (Lipinski definition) is 4. The molecular weight excluding hydrogens is 340 g/mol. The van der Waals surface area contributed by atoms with Gasteiger partial charge in [0.2, 0.25) is 0 Å². The Bertz CT molecular complexity index is 907. The van der Waals surface area contributed by atoms with Crippen LogP contribution in [0.5, 0.6) is 0 Å². The number of aryl methyl sites for hydroxylation is 1. The number of carbonyl (C=O) groups is 1. The molecule has 3 unspecified atom stereocenters. The number of hydrogen-bond donors (Lipinski definition) is 1. The van der Waals surface area contributed by atoms with Crippen molar-refractivity contribution in [1.82, 2.24) is 14.7 Å². The zero-order chi connectivity index (χ0) is 19.0. The lowest BCUT2D eigenvalue weighted by Gasteiger charge is -2.19. The summed E-state index contributed by atoms with van der Waals surface area (Å²) in [5.41, 5.74) is 6.51. The van der Waals surface area contributed by atoms with Crippen LogP contribution in [0.3, 0.4) is 0 Å². The Hall–Kier alpha value is -2.21. The second kappa shape index (κ2) is 7.43. The minimum absolute atomic E-state index is 0.0722. The monoisotopic (exact) mass is 368 g/mol. The molecule has 2 heterocycles. The molecule has 2 aromatic rings. The number of likely N-dealkylation sites (tertiary alicyclic amines) is 1. The summed E-state index contributed by atoms with van der Waals surface area (Å²) in [6.07, 6.45) is 5.15. The van der Waals surface area contributed by atoms with Crippen molar-refractivity contribution in [3.8, 4) is 0 Å². The molecular formula is C21H28N4O2. The molecule has 1 aromatic carbocycles. The average Bonchev–Trinajstić information content (AvgIpc) is 3.25. The van der Waals surface area contributed by atoms with Gasteiger partial charge in [-0.1, -0.05) is 38.0 Å². The maximum Gasteiger partial charge on any atom is 0.274 e. The fourth-order valence-electron chi connectivity index (χ4n) is 4.68. The van der Waals surface area contributed by atoms with Crippen molar-refractivity contribution in [3.05, 3.63) is 40.3 Å². The van der Waals surface area contributed by atoms with E-state index < -0.39 is 0 Å². The van der Waals surface area contributed by atoms with Crippen molar-refractivity contribution >= 4 is 16.7 Å². The summed E-state index contributed by atoms with van der Waals surface area (Å²) in [5.74, 6) is 0.832. The highest BCUT2D eigenvalue weighted by atomic mass is 16.2. The first-order valence-corrected chi connectivity index (χ1v) is 10.1. The Morgan fingerprint density at radius 2 is 1.96 bits per heavy atom. The molecule has 27 heavy (non-hydrogen) atoms. The number of nitrogens with zero attached hydrogens (tertiary/aromatic N) is 3.